The number of nitrogens with zero attached hydrogens (tertiary/aromatic N) is 3. The lowest BCUT2D eigenvalue weighted by Crippen LogP contribution is -2.48. The van der Waals surface area contributed by atoms with E-state index in [-0.39, 0.29) is 5.91 Å². The van der Waals surface area contributed by atoms with E-state index in [0.29, 0.717) is 40.2 Å². The normalized spacial score (nSPS) is 14.9. The molecule has 0 N–H and O–H groups in total. The second-order valence-corrected chi connectivity index (χ2v) is 8.04. The number of amides is 1. The molecule has 29 heavy (non-hydrogen) atoms. The van der Waals surface area contributed by atoms with Crippen LogP contribution in [-0.4, -0.2) is 47.0 Å². The molecule has 0 spiro atoms. The molecule has 0 atom stereocenters. The maximum Gasteiger partial charge on any atom is 0.276 e. The van der Waals surface area contributed by atoms with Crippen LogP contribution >= 0.6 is 23.2 Å². The van der Waals surface area contributed by atoms with Crippen molar-refractivity contribution in [1.29, 1.82) is 0 Å². The Morgan fingerprint density at radius 1 is 1.07 bits per heavy atom. The summed E-state index contributed by atoms with van der Waals surface area (Å²) < 4.78 is 5.36. The van der Waals surface area contributed by atoms with Crippen molar-refractivity contribution in [1.82, 2.24) is 15.0 Å². The lowest BCUT2D eigenvalue weighted by atomic mass is 10.1. The topological polar surface area (TPSA) is 49.6 Å². The van der Waals surface area contributed by atoms with Crippen LogP contribution in [0.25, 0.3) is 11.3 Å². The van der Waals surface area contributed by atoms with E-state index in [1.54, 1.807) is 24.3 Å². The van der Waals surface area contributed by atoms with Crippen LogP contribution in [0.15, 0.2) is 53.1 Å². The minimum absolute atomic E-state index is 0.124. The molecule has 0 radical (unpaired) electrons. The number of hydrogen-bond acceptors (Lipinski definition) is 4. The molecule has 0 unspecified atom stereocenters. The standard InChI is InChI=1S/C22H21Cl2N3O2/c1-15-4-2-3-5-16(15)14-26-8-10-27(11-9-26)22(28)20-13-21(29-25-20)18-7-6-17(23)12-19(18)24/h2-7,12-13H,8-11,14H2,1H3. The van der Waals surface area contributed by atoms with Crippen molar-refractivity contribution in [3.8, 4) is 11.3 Å². The van der Waals surface area contributed by atoms with Gasteiger partial charge in [-0.05, 0) is 36.2 Å². The number of carbonyl (C=O) groups excluding carboxylic acids is 1. The van der Waals surface area contributed by atoms with Crippen molar-refractivity contribution in [3.05, 3.63) is 75.4 Å². The lowest BCUT2D eigenvalue weighted by Gasteiger charge is -2.34. The van der Waals surface area contributed by atoms with E-state index in [0.717, 1.165) is 19.6 Å². The molecule has 1 amide bonds. The Morgan fingerprint density at radius 3 is 2.55 bits per heavy atom. The van der Waals surface area contributed by atoms with Crippen LogP contribution < -0.4 is 0 Å². The zero-order chi connectivity index (χ0) is 20.4. The molecule has 0 aliphatic carbocycles. The first-order valence-electron chi connectivity index (χ1n) is 9.49. The number of halogens is 2. The Morgan fingerprint density at radius 2 is 1.83 bits per heavy atom. The molecular weight excluding hydrogens is 409 g/mol. The molecule has 2 heterocycles. The highest BCUT2D eigenvalue weighted by Crippen LogP contribution is 2.31. The van der Waals surface area contributed by atoms with Crippen LogP contribution in [0.2, 0.25) is 10.0 Å². The van der Waals surface area contributed by atoms with Crippen molar-refractivity contribution < 1.29 is 9.32 Å². The first kappa shape index (κ1) is 20.0. The molecule has 2 aromatic carbocycles. The zero-order valence-electron chi connectivity index (χ0n) is 16.1. The van der Waals surface area contributed by atoms with Crippen LogP contribution in [0.1, 0.15) is 21.6 Å². The third kappa shape index (κ3) is 4.47. The summed E-state index contributed by atoms with van der Waals surface area (Å²) in [6, 6.07) is 15.2. The molecule has 1 aliphatic heterocycles. The molecule has 3 aromatic rings. The largest absolute Gasteiger partial charge is 0.355 e. The first-order valence-corrected chi connectivity index (χ1v) is 10.2. The average molecular weight is 430 g/mol. The summed E-state index contributed by atoms with van der Waals surface area (Å²) in [5.74, 6) is 0.328. The Hall–Kier alpha value is -2.34. The smallest absolute Gasteiger partial charge is 0.276 e. The van der Waals surface area contributed by atoms with E-state index in [4.69, 9.17) is 27.7 Å². The van der Waals surface area contributed by atoms with Crippen molar-refractivity contribution in [2.75, 3.05) is 26.2 Å². The maximum atomic E-state index is 12.8. The van der Waals surface area contributed by atoms with E-state index in [1.165, 1.54) is 11.1 Å². The second kappa shape index (κ2) is 8.57. The Bertz CT molecular complexity index is 1030. The molecule has 0 bridgehead atoms. The van der Waals surface area contributed by atoms with Gasteiger partial charge in [-0.25, -0.2) is 0 Å². The van der Waals surface area contributed by atoms with Gasteiger partial charge < -0.3 is 9.42 Å². The van der Waals surface area contributed by atoms with Crippen molar-refractivity contribution in [2.45, 2.75) is 13.5 Å². The number of aromatic nitrogens is 1. The molecule has 1 aromatic heterocycles. The third-order valence-corrected chi connectivity index (χ3v) is 5.79. The van der Waals surface area contributed by atoms with Gasteiger partial charge in [-0.2, -0.15) is 0 Å². The summed E-state index contributed by atoms with van der Waals surface area (Å²) >= 11 is 12.2. The predicted octanol–water partition coefficient (Wildman–Crippen LogP) is 4.91. The second-order valence-electron chi connectivity index (χ2n) is 7.20. The van der Waals surface area contributed by atoms with Crippen LogP contribution in [-0.2, 0) is 6.54 Å². The number of aryl methyl sites for hydroxylation is 1. The Kier molecular flexibility index (Phi) is 5.90. The van der Waals surface area contributed by atoms with E-state index in [2.05, 4.69) is 41.2 Å². The third-order valence-electron chi connectivity index (χ3n) is 5.24. The Balaban J connectivity index is 1.39. The Labute approximate surface area is 179 Å². The monoisotopic (exact) mass is 429 g/mol. The van der Waals surface area contributed by atoms with Gasteiger partial charge in [-0.15, -0.1) is 0 Å². The fourth-order valence-corrected chi connectivity index (χ4v) is 3.99. The van der Waals surface area contributed by atoms with Gasteiger partial charge in [-0.1, -0.05) is 52.6 Å². The first-order chi connectivity index (χ1) is 14.0. The highest BCUT2D eigenvalue weighted by molar-refractivity contribution is 6.36. The van der Waals surface area contributed by atoms with Gasteiger partial charge in [0, 0.05) is 49.4 Å². The number of rotatable bonds is 4. The summed E-state index contributed by atoms with van der Waals surface area (Å²) in [4.78, 5) is 17.0. The zero-order valence-corrected chi connectivity index (χ0v) is 17.6. The minimum atomic E-state index is -0.124. The molecule has 1 fully saturated rings. The molecular formula is C22H21Cl2N3O2. The number of benzene rings is 2. The van der Waals surface area contributed by atoms with Crippen LogP contribution in [0.5, 0.6) is 0 Å². The van der Waals surface area contributed by atoms with Gasteiger partial charge in [0.25, 0.3) is 5.91 Å². The summed E-state index contributed by atoms with van der Waals surface area (Å²) in [5, 5.41) is 4.95. The molecule has 0 saturated carbocycles. The number of hydrogen-bond donors (Lipinski definition) is 0. The van der Waals surface area contributed by atoms with Crippen molar-refractivity contribution in [3.63, 3.8) is 0 Å². The summed E-state index contributed by atoms with van der Waals surface area (Å²) in [7, 11) is 0. The van der Waals surface area contributed by atoms with E-state index < -0.39 is 0 Å². The highest BCUT2D eigenvalue weighted by atomic mass is 35.5. The molecule has 5 nitrogen and oxygen atoms in total. The molecule has 1 saturated heterocycles. The van der Waals surface area contributed by atoms with Crippen molar-refractivity contribution >= 4 is 29.1 Å². The fraction of sp³-hybridized carbons (Fsp3) is 0.273. The number of carbonyl (C=O) groups is 1. The fourth-order valence-electron chi connectivity index (χ4n) is 3.49. The highest BCUT2D eigenvalue weighted by Gasteiger charge is 2.25. The van der Waals surface area contributed by atoms with Crippen molar-refractivity contribution in [2.24, 2.45) is 0 Å². The maximum absolute atomic E-state index is 12.8. The van der Waals surface area contributed by atoms with Crippen LogP contribution in [0.3, 0.4) is 0 Å². The van der Waals surface area contributed by atoms with E-state index in [1.807, 2.05) is 4.90 Å². The average Bonchev–Trinajstić information content (AvgIpc) is 3.19. The van der Waals surface area contributed by atoms with Crippen LogP contribution in [0.4, 0.5) is 0 Å². The van der Waals surface area contributed by atoms with Gasteiger partial charge >= 0.3 is 0 Å². The number of piperazine rings is 1. The van der Waals surface area contributed by atoms with Crippen LogP contribution in [0, 0.1) is 6.92 Å². The molecule has 4 rings (SSSR count). The quantitative estimate of drug-likeness (QED) is 0.590. The molecule has 150 valence electrons. The molecule has 1 aliphatic rings. The van der Waals surface area contributed by atoms with E-state index >= 15 is 0 Å². The van der Waals surface area contributed by atoms with Gasteiger partial charge in [0.2, 0.25) is 0 Å². The van der Waals surface area contributed by atoms with Gasteiger partial charge in [-0.3, -0.25) is 9.69 Å². The van der Waals surface area contributed by atoms with Gasteiger partial charge in [0.05, 0.1) is 5.02 Å². The molecule has 7 heteroatoms. The van der Waals surface area contributed by atoms with Gasteiger partial charge in [0.15, 0.2) is 11.5 Å². The SMILES string of the molecule is Cc1ccccc1CN1CCN(C(=O)c2cc(-c3ccc(Cl)cc3Cl)on2)CC1. The van der Waals surface area contributed by atoms with Gasteiger partial charge in [0.1, 0.15) is 0 Å². The summed E-state index contributed by atoms with van der Waals surface area (Å²) in [6.07, 6.45) is 0. The predicted molar refractivity (Wildman–Crippen MR) is 114 cm³/mol. The lowest BCUT2D eigenvalue weighted by molar-refractivity contribution is 0.0618. The summed E-state index contributed by atoms with van der Waals surface area (Å²) in [5.41, 5.74) is 3.57. The summed E-state index contributed by atoms with van der Waals surface area (Å²) in [6.45, 7) is 6.01. The van der Waals surface area contributed by atoms with E-state index in [9.17, 15) is 4.79 Å². The minimum Gasteiger partial charge on any atom is -0.355 e.